The fourth-order valence-electron chi connectivity index (χ4n) is 3.43. The van der Waals surface area contributed by atoms with E-state index in [1.165, 1.54) is 32.6 Å². The molecule has 5 unspecified atom stereocenters. The molecular weight excluding hydrogens is 176 g/mol. The van der Waals surface area contributed by atoms with Crippen LogP contribution >= 0.6 is 0 Å². The van der Waals surface area contributed by atoms with Crippen molar-refractivity contribution in [2.75, 3.05) is 39.3 Å². The van der Waals surface area contributed by atoms with E-state index < -0.39 is 0 Å². The molecule has 4 nitrogen and oxygen atoms in total. The largest absolute Gasteiger partial charge is 0.330 e. The minimum absolute atomic E-state index is 0.471. The third kappa shape index (κ3) is 1.03. The van der Waals surface area contributed by atoms with Crippen molar-refractivity contribution < 1.29 is 0 Å². The Bertz CT molecular complexity index is 244. The van der Waals surface area contributed by atoms with E-state index in [-0.39, 0.29) is 0 Å². The van der Waals surface area contributed by atoms with Crippen molar-refractivity contribution in [3.8, 4) is 0 Å². The molecule has 0 radical (unpaired) electrons. The number of nitrogens with two attached hydrogens (primary N) is 2. The predicted molar refractivity (Wildman–Crippen MR) is 55.9 cm³/mol. The van der Waals surface area contributed by atoms with Gasteiger partial charge in [-0.1, -0.05) is 0 Å². The molecular formula is C10H20N4. The Morgan fingerprint density at radius 2 is 2.07 bits per heavy atom. The van der Waals surface area contributed by atoms with Crippen LogP contribution in [-0.4, -0.2) is 60.6 Å². The highest BCUT2D eigenvalue weighted by atomic mass is 15.4. The van der Waals surface area contributed by atoms with Gasteiger partial charge in [0.05, 0.1) is 0 Å². The maximum atomic E-state index is 5.77. The summed E-state index contributed by atoms with van der Waals surface area (Å²) in [5, 5.41) is 0. The van der Waals surface area contributed by atoms with E-state index in [1.807, 2.05) is 0 Å². The average molecular weight is 196 g/mol. The minimum Gasteiger partial charge on any atom is -0.330 e. The summed E-state index contributed by atoms with van der Waals surface area (Å²) in [4.78, 5) is 5.23. The molecule has 0 aromatic rings. The highest BCUT2D eigenvalue weighted by Crippen LogP contribution is 2.52. The van der Waals surface area contributed by atoms with Crippen molar-refractivity contribution in [3.05, 3.63) is 0 Å². The number of piperazine rings is 3. The van der Waals surface area contributed by atoms with Crippen molar-refractivity contribution in [2.45, 2.75) is 18.0 Å². The third-order valence-corrected chi connectivity index (χ3v) is 4.47. The molecule has 0 aromatic carbocycles. The van der Waals surface area contributed by atoms with E-state index in [9.17, 15) is 0 Å². The summed E-state index contributed by atoms with van der Waals surface area (Å²) in [5.74, 6) is 0.754. The lowest BCUT2D eigenvalue weighted by molar-refractivity contribution is -0.0446. The van der Waals surface area contributed by atoms with E-state index in [0.29, 0.717) is 11.6 Å². The smallest absolute Gasteiger partial charge is 0.0382 e. The summed E-state index contributed by atoms with van der Waals surface area (Å²) in [5.41, 5.74) is 12.0. The van der Waals surface area contributed by atoms with Crippen molar-refractivity contribution in [1.29, 1.82) is 0 Å². The van der Waals surface area contributed by atoms with Gasteiger partial charge in [0, 0.05) is 44.3 Å². The van der Waals surface area contributed by atoms with Crippen LogP contribution in [0.15, 0.2) is 0 Å². The van der Waals surface area contributed by atoms with E-state index >= 15 is 0 Å². The molecule has 5 atom stereocenters. The molecule has 14 heavy (non-hydrogen) atoms. The molecule has 0 amide bonds. The van der Waals surface area contributed by atoms with Crippen LogP contribution in [0.5, 0.6) is 0 Å². The molecule has 80 valence electrons. The quantitative estimate of drug-likeness (QED) is 0.574. The molecule has 2 bridgehead atoms. The van der Waals surface area contributed by atoms with Gasteiger partial charge in [0.15, 0.2) is 0 Å². The van der Waals surface area contributed by atoms with E-state index in [0.717, 1.165) is 19.0 Å². The first-order valence-electron chi connectivity index (χ1n) is 5.69. The maximum Gasteiger partial charge on any atom is 0.0382 e. The number of rotatable bonds is 2. The highest BCUT2D eigenvalue weighted by molar-refractivity contribution is 5.18. The van der Waals surface area contributed by atoms with Gasteiger partial charge in [-0.05, 0) is 18.9 Å². The zero-order valence-corrected chi connectivity index (χ0v) is 8.65. The molecule has 3 aliphatic heterocycles. The summed E-state index contributed by atoms with van der Waals surface area (Å²) in [6, 6.07) is 0.605. The number of fused-ring (bicyclic) bond motifs is 2. The molecule has 0 aromatic heterocycles. The molecule has 3 heterocycles. The Morgan fingerprint density at radius 3 is 2.57 bits per heavy atom. The normalized spacial score (nSPS) is 55.3. The molecule has 1 spiro atoms. The fraction of sp³-hybridized carbons (Fsp3) is 1.00. The van der Waals surface area contributed by atoms with Crippen LogP contribution < -0.4 is 11.5 Å². The second-order valence-electron chi connectivity index (χ2n) is 5.05. The molecule has 4 aliphatic rings. The van der Waals surface area contributed by atoms with Gasteiger partial charge in [0.2, 0.25) is 0 Å². The first kappa shape index (κ1) is 9.09. The van der Waals surface area contributed by atoms with Crippen LogP contribution in [0.2, 0.25) is 0 Å². The average Bonchev–Trinajstić information content (AvgIpc) is 2.92. The Morgan fingerprint density at radius 1 is 1.21 bits per heavy atom. The maximum absolute atomic E-state index is 5.77. The van der Waals surface area contributed by atoms with Gasteiger partial charge in [-0.3, -0.25) is 9.80 Å². The van der Waals surface area contributed by atoms with Crippen LogP contribution in [-0.2, 0) is 0 Å². The van der Waals surface area contributed by atoms with Gasteiger partial charge in [-0.2, -0.15) is 0 Å². The van der Waals surface area contributed by atoms with E-state index in [4.69, 9.17) is 11.5 Å². The molecule has 1 aliphatic carbocycles. The lowest BCUT2D eigenvalue weighted by atomic mass is 9.98. The van der Waals surface area contributed by atoms with Crippen LogP contribution in [0.4, 0.5) is 0 Å². The predicted octanol–water partition coefficient (Wildman–Crippen LogP) is -1.34. The zero-order valence-electron chi connectivity index (χ0n) is 8.65. The summed E-state index contributed by atoms with van der Waals surface area (Å²) < 4.78 is 0. The summed E-state index contributed by atoms with van der Waals surface area (Å²) >= 11 is 0. The zero-order chi connectivity index (χ0) is 9.76. The van der Waals surface area contributed by atoms with Crippen LogP contribution in [0.3, 0.4) is 0 Å². The number of hydrogen-bond acceptors (Lipinski definition) is 4. The lowest BCUT2D eigenvalue weighted by Gasteiger charge is -2.53. The monoisotopic (exact) mass is 196 g/mol. The van der Waals surface area contributed by atoms with Crippen molar-refractivity contribution >= 4 is 0 Å². The molecule has 1 saturated carbocycles. The standard InChI is InChI=1S/C10H20N4/c11-4-8-3-10(8)7-13-1-2-14(10)6-9(13)5-12/h8-9H,1-7,11-12H2. The summed E-state index contributed by atoms with van der Waals surface area (Å²) in [7, 11) is 0. The third-order valence-electron chi connectivity index (χ3n) is 4.47. The second kappa shape index (κ2) is 2.92. The van der Waals surface area contributed by atoms with Gasteiger partial charge in [-0.25, -0.2) is 0 Å². The molecule has 4 rings (SSSR count). The lowest BCUT2D eigenvalue weighted by Crippen LogP contribution is -2.69. The number of hydrogen-bond donors (Lipinski definition) is 2. The van der Waals surface area contributed by atoms with Gasteiger partial charge in [0.25, 0.3) is 0 Å². The SMILES string of the molecule is NCC1CN2CCN1CC21CC1CN. The Labute approximate surface area is 85.2 Å². The van der Waals surface area contributed by atoms with Crippen molar-refractivity contribution in [3.63, 3.8) is 0 Å². The van der Waals surface area contributed by atoms with Crippen LogP contribution in [0, 0.1) is 5.92 Å². The molecule has 4 fully saturated rings. The van der Waals surface area contributed by atoms with Crippen molar-refractivity contribution in [1.82, 2.24) is 9.80 Å². The van der Waals surface area contributed by atoms with E-state index in [1.54, 1.807) is 0 Å². The van der Waals surface area contributed by atoms with Crippen LogP contribution in [0.1, 0.15) is 6.42 Å². The first-order chi connectivity index (χ1) is 6.80. The van der Waals surface area contributed by atoms with Crippen LogP contribution in [0.25, 0.3) is 0 Å². The van der Waals surface area contributed by atoms with Gasteiger partial charge in [0.1, 0.15) is 0 Å². The van der Waals surface area contributed by atoms with Gasteiger partial charge < -0.3 is 11.5 Å². The highest BCUT2D eigenvalue weighted by Gasteiger charge is 2.62. The topological polar surface area (TPSA) is 58.5 Å². The molecule has 4 N–H and O–H groups in total. The van der Waals surface area contributed by atoms with Gasteiger partial charge in [-0.15, -0.1) is 0 Å². The van der Waals surface area contributed by atoms with E-state index in [2.05, 4.69) is 9.80 Å². The molecule has 4 heteroatoms. The van der Waals surface area contributed by atoms with Gasteiger partial charge >= 0.3 is 0 Å². The molecule has 3 saturated heterocycles. The summed E-state index contributed by atoms with van der Waals surface area (Å²) in [6.07, 6.45) is 1.32. The number of nitrogens with zero attached hydrogens (tertiary/aromatic N) is 2. The Balaban J connectivity index is 1.77. The first-order valence-corrected chi connectivity index (χ1v) is 5.69. The Hall–Kier alpha value is -0.160. The Kier molecular flexibility index (Phi) is 1.89. The summed E-state index contributed by atoms with van der Waals surface area (Å²) in [6.45, 7) is 6.50. The fourth-order valence-corrected chi connectivity index (χ4v) is 3.43. The minimum atomic E-state index is 0.471. The van der Waals surface area contributed by atoms with Crippen molar-refractivity contribution in [2.24, 2.45) is 17.4 Å². The second-order valence-corrected chi connectivity index (χ2v) is 5.05.